The van der Waals surface area contributed by atoms with Crippen LogP contribution in [-0.4, -0.2) is 18.0 Å². The highest BCUT2D eigenvalue weighted by Gasteiger charge is 2.18. The highest BCUT2D eigenvalue weighted by molar-refractivity contribution is 7.89. The van der Waals surface area contributed by atoms with E-state index in [1.807, 2.05) is 11.5 Å². The van der Waals surface area contributed by atoms with E-state index in [0.717, 1.165) is 18.7 Å². The number of aromatic nitrogens is 2. The Hall–Kier alpha value is -0.880. The van der Waals surface area contributed by atoms with Gasteiger partial charge in [0.05, 0.1) is 0 Å². The molecular formula is C10H19N3O2S. The van der Waals surface area contributed by atoms with E-state index < -0.39 is 10.0 Å². The Balaban J connectivity index is 3.23. The maximum Gasteiger partial charge on any atom is 0.257 e. The van der Waals surface area contributed by atoms with Crippen molar-refractivity contribution in [1.82, 2.24) is 9.55 Å². The van der Waals surface area contributed by atoms with Crippen molar-refractivity contribution in [3.05, 3.63) is 12.0 Å². The number of nitrogens with zero attached hydrogens (tertiary/aromatic N) is 2. The third kappa shape index (κ3) is 2.62. The topological polar surface area (TPSA) is 78.0 Å². The van der Waals surface area contributed by atoms with Crippen molar-refractivity contribution in [3.8, 4) is 0 Å². The number of primary sulfonamides is 1. The van der Waals surface area contributed by atoms with Gasteiger partial charge in [0.1, 0.15) is 5.82 Å². The summed E-state index contributed by atoms with van der Waals surface area (Å²) in [6.45, 7) is 6.10. The van der Waals surface area contributed by atoms with Crippen molar-refractivity contribution in [2.75, 3.05) is 0 Å². The van der Waals surface area contributed by atoms with E-state index in [4.69, 9.17) is 5.14 Å². The van der Waals surface area contributed by atoms with Gasteiger partial charge in [-0.3, -0.25) is 0 Å². The zero-order valence-electron chi connectivity index (χ0n) is 9.97. The third-order valence-electron chi connectivity index (χ3n) is 2.73. The third-order valence-corrected chi connectivity index (χ3v) is 3.51. The molecule has 1 rings (SSSR count). The molecule has 0 saturated heterocycles. The van der Waals surface area contributed by atoms with Crippen LogP contribution in [0.1, 0.15) is 45.5 Å². The van der Waals surface area contributed by atoms with Crippen LogP contribution >= 0.6 is 0 Å². The van der Waals surface area contributed by atoms with E-state index in [-0.39, 0.29) is 11.1 Å². The number of imidazole rings is 1. The molecule has 0 atom stereocenters. The monoisotopic (exact) mass is 245 g/mol. The number of rotatable bonds is 5. The van der Waals surface area contributed by atoms with E-state index in [9.17, 15) is 8.42 Å². The molecule has 0 aliphatic rings. The highest BCUT2D eigenvalue weighted by Crippen LogP contribution is 2.20. The Bertz CT molecular complexity index is 447. The summed E-state index contributed by atoms with van der Waals surface area (Å²) < 4.78 is 24.4. The molecule has 0 unspecified atom stereocenters. The number of sulfonamides is 1. The summed E-state index contributed by atoms with van der Waals surface area (Å²) in [7, 11) is -3.70. The molecule has 0 saturated carbocycles. The predicted molar refractivity (Wildman–Crippen MR) is 62.6 cm³/mol. The van der Waals surface area contributed by atoms with Gasteiger partial charge >= 0.3 is 0 Å². The van der Waals surface area contributed by atoms with Crippen LogP contribution in [0.5, 0.6) is 0 Å². The van der Waals surface area contributed by atoms with Crippen molar-refractivity contribution in [2.24, 2.45) is 5.14 Å². The molecule has 0 amide bonds. The van der Waals surface area contributed by atoms with Crippen molar-refractivity contribution < 1.29 is 8.42 Å². The highest BCUT2D eigenvalue weighted by atomic mass is 32.2. The van der Waals surface area contributed by atoms with Crippen LogP contribution in [0.4, 0.5) is 0 Å². The largest absolute Gasteiger partial charge is 0.330 e. The average molecular weight is 245 g/mol. The lowest BCUT2D eigenvalue weighted by atomic mass is 10.1. The summed E-state index contributed by atoms with van der Waals surface area (Å²) in [5, 5.41) is 5.04. The van der Waals surface area contributed by atoms with E-state index in [2.05, 4.69) is 18.8 Å². The molecule has 6 heteroatoms. The Morgan fingerprint density at radius 3 is 2.31 bits per heavy atom. The minimum Gasteiger partial charge on any atom is -0.330 e. The summed E-state index contributed by atoms with van der Waals surface area (Å²) in [6.07, 6.45) is 4.14. The Kier molecular flexibility index (Phi) is 4.09. The number of hydrogen-bond acceptors (Lipinski definition) is 3. The van der Waals surface area contributed by atoms with Gasteiger partial charge in [0.2, 0.25) is 0 Å². The van der Waals surface area contributed by atoms with Crippen LogP contribution in [-0.2, 0) is 16.4 Å². The van der Waals surface area contributed by atoms with E-state index in [1.165, 1.54) is 0 Å². The van der Waals surface area contributed by atoms with Gasteiger partial charge in [0.25, 0.3) is 10.0 Å². The van der Waals surface area contributed by atoms with Gasteiger partial charge < -0.3 is 4.57 Å². The first-order valence-corrected chi connectivity index (χ1v) is 7.09. The van der Waals surface area contributed by atoms with Gasteiger partial charge in [-0.25, -0.2) is 18.5 Å². The maximum absolute atomic E-state index is 11.2. The Labute approximate surface area is 96.7 Å². The lowest BCUT2D eigenvalue weighted by Gasteiger charge is -2.16. The Morgan fingerprint density at radius 2 is 1.94 bits per heavy atom. The van der Waals surface area contributed by atoms with Gasteiger partial charge in [-0.1, -0.05) is 20.8 Å². The van der Waals surface area contributed by atoms with Gasteiger partial charge in [0.15, 0.2) is 5.03 Å². The van der Waals surface area contributed by atoms with Crippen LogP contribution in [0.3, 0.4) is 0 Å². The van der Waals surface area contributed by atoms with Crippen molar-refractivity contribution >= 4 is 10.0 Å². The van der Waals surface area contributed by atoms with Crippen LogP contribution in [0, 0.1) is 0 Å². The van der Waals surface area contributed by atoms with Gasteiger partial charge in [-0.15, -0.1) is 0 Å². The predicted octanol–water partition coefficient (Wildman–Crippen LogP) is 1.45. The zero-order chi connectivity index (χ0) is 12.3. The molecule has 0 bridgehead atoms. The minimum atomic E-state index is -3.70. The first-order chi connectivity index (χ1) is 7.43. The number of aryl methyl sites for hydroxylation is 1. The molecule has 0 radical (unpaired) electrons. The first kappa shape index (κ1) is 13.2. The molecule has 1 aromatic rings. The van der Waals surface area contributed by atoms with Crippen LogP contribution in [0.15, 0.2) is 11.2 Å². The van der Waals surface area contributed by atoms with Crippen LogP contribution < -0.4 is 5.14 Å². The molecule has 1 aromatic heterocycles. The van der Waals surface area contributed by atoms with Gasteiger partial charge in [-0.05, 0) is 12.8 Å². The molecule has 92 valence electrons. The Morgan fingerprint density at radius 1 is 1.38 bits per heavy atom. The summed E-state index contributed by atoms with van der Waals surface area (Å²) >= 11 is 0. The molecule has 2 N–H and O–H groups in total. The second-order valence-electron chi connectivity index (χ2n) is 3.77. The molecule has 0 aromatic carbocycles. The summed E-state index contributed by atoms with van der Waals surface area (Å²) in [5.74, 6) is 0.776. The number of hydrogen-bond donors (Lipinski definition) is 1. The van der Waals surface area contributed by atoms with E-state index in [0.29, 0.717) is 6.42 Å². The van der Waals surface area contributed by atoms with Crippen molar-refractivity contribution in [2.45, 2.75) is 51.1 Å². The van der Waals surface area contributed by atoms with Crippen molar-refractivity contribution in [1.29, 1.82) is 0 Å². The zero-order valence-corrected chi connectivity index (χ0v) is 10.8. The first-order valence-electron chi connectivity index (χ1n) is 5.54. The molecule has 16 heavy (non-hydrogen) atoms. The van der Waals surface area contributed by atoms with Crippen LogP contribution in [0.25, 0.3) is 0 Å². The summed E-state index contributed by atoms with van der Waals surface area (Å²) in [4.78, 5) is 4.07. The van der Waals surface area contributed by atoms with E-state index in [1.54, 1.807) is 6.20 Å². The van der Waals surface area contributed by atoms with Gasteiger partial charge in [-0.2, -0.15) is 0 Å². The standard InChI is InChI=1S/C10H19N3O2S/c1-4-8(5-2)13-7-10(16(11,14)15)12-9(13)6-3/h7-8H,4-6H2,1-3H3,(H2,11,14,15). The summed E-state index contributed by atoms with van der Waals surface area (Å²) in [5.41, 5.74) is 0. The lowest BCUT2D eigenvalue weighted by Crippen LogP contribution is -2.12. The normalized spacial score (nSPS) is 12.3. The minimum absolute atomic E-state index is 0.0312. The fraction of sp³-hybridized carbons (Fsp3) is 0.700. The average Bonchev–Trinajstić information content (AvgIpc) is 2.63. The molecule has 0 aliphatic heterocycles. The van der Waals surface area contributed by atoms with Crippen molar-refractivity contribution in [3.63, 3.8) is 0 Å². The maximum atomic E-state index is 11.2. The SMILES string of the molecule is CCc1nc(S(N)(=O)=O)cn1C(CC)CC. The lowest BCUT2D eigenvalue weighted by molar-refractivity contribution is 0.456. The molecule has 1 heterocycles. The fourth-order valence-corrected chi connectivity index (χ4v) is 2.30. The van der Waals surface area contributed by atoms with Crippen LogP contribution in [0.2, 0.25) is 0 Å². The second-order valence-corrected chi connectivity index (χ2v) is 5.28. The molecule has 0 fully saturated rings. The van der Waals surface area contributed by atoms with Gasteiger partial charge in [0, 0.05) is 18.7 Å². The molecule has 5 nitrogen and oxygen atoms in total. The molecule has 0 aliphatic carbocycles. The molecule has 0 spiro atoms. The molecular weight excluding hydrogens is 226 g/mol. The van der Waals surface area contributed by atoms with E-state index >= 15 is 0 Å². The second kappa shape index (κ2) is 4.97. The smallest absolute Gasteiger partial charge is 0.257 e. The number of nitrogens with two attached hydrogens (primary N) is 1. The fourth-order valence-electron chi connectivity index (χ4n) is 1.80. The summed E-state index contributed by atoms with van der Waals surface area (Å²) in [6, 6.07) is 0.290. The quantitative estimate of drug-likeness (QED) is 0.853.